The van der Waals surface area contributed by atoms with E-state index in [1.807, 2.05) is 67.7 Å². The van der Waals surface area contributed by atoms with Gasteiger partial charge in [0.05, 0.1) is 12.3 Å². The number of aromatic nitrogens is 1. The highest BCUT2D eigenvalue weighted by Crippen LogP contribution is 2.31. The molecule has 2 aromatic carbocycles. The van der Waals surface area contributed by atoms with Crippen molar-refractivity contribution < 1.29 is 4.74 Å². The number of aryl methyl sites for hydroxylation is 3. The van der Waals surface area contributed by atoms with Gasteiger partial charge in [-0.25, -0.2) is 0 Å². The summed E-state index contributed by atoms with van der Waals surface area (Å²) in [5, 5.41) is 0. The molecule has 0 atom stereocenters. The second kappa shape index (κ2) is 9.46. The van der Waals surface area contributed by atoms with Crippen LogP contribution in [0.2, 0.25) is 0 Å². The van der Waals surface area contributed by atoms with Gasteiger partial charge in [-0.2, -0.15) is 0 Å². The standard InChI is InChI=1S/C25H29N3O/c1-19-16-20(2)25(21(3)17-19)28(5)18-27(4)23-11-6-7-12-24(23)29-15-13-22-10-8-9-14-26-22/h6-12,14,16-17H,13,15H2,1-5H3. The van der Waals surface area contributed by atoms with Crippen LogP contribution in [0.5, 0.6) is 5.75 Å². The molecule has 4 heteroatoms. The van der Waals surface area contributed by atoms with Crippen molar-refractivity contribution in [3.05, 3.63) is 89.8 Å². The Bertz CT molecular complexity index is 917. The van der Waals surface area contributed by atoms with Crippen LogP contribution in [0.1, 0.15) is 22.4 Å². The molecule has 1 heterocycles. The summed E-state index contributed by atoms with van der Waals surface area (Å²) in [6.45, 7) is 10.4. The summed E-state index contributed by atoms with van der Waals surface area (Å²) in [7, 11) is 4.03. The summed E-state index contributed by atoms with van der Waals surface area (Å²) in [5.74, 6) is 0.837. The first-order valence-corrected chi connectivity index (χ1v) is 9.89. The summed E-state index contributed by atoms with van der Waals surface area (Å²) >= 11 is 0. The van der Waals surface area contributed by atoms with Crippen LogP contribution in [0.25, 0.3) is 0 Å². The predicted molar refractivity (Wildman–Crippen MR) is 121 cm³/mol. The van der Waals surface area contributed by atoms with Crippen molar-refractivity contribution >= 4 is 11.4 Å². The number of pyridine rings is 1. The lowest BCUT2D eigenvalue weighted by Gasteiger charge is -2.29. The minimum Gasteiger partial charge on any atom is -0.491 e. The average Bonchev–Trinajstić information content (AvgIpc) is 2.68. The molecular weight excluding hydrogens is 358 g/mol. The van der Waals surface area contributed by atoms with E-state index >= 15 is 0 Å². The Balaban J connectivity index is 1.69. The third kappa shape index (κ3) is 5.29. The lowest BCUT2D eigenvalue weighted by atomic mass is 10.0. The first-order valence-electron chi connectivity index (χ1n) is 9.89. The molecule has 0 aliphatic heterocycles. The largest absolute Gasteiger partial charge is 0.491 e. The van der Waals surface area contributed by atoms with E-state index < -0.39 is 0 Å². The maximum Gasteiger partial charge on any atom is 0.208 e. The van der Waals surface area contributed by atoms with Crippen molar-refractivity contribution in [2.24, 2.45) is 0 Å². The van der Waals surface area contributed by atoms with Crippen molar-refractivity contribution in [3.63, 3.8) is 0 Å². The predicted octanol–water partition coefficient (Wildman–Crippen LogP) is 5.20. The molecule has 0 saturated carbocycles. The summed E-state index contributed by atoms with van der Waals surface area (Å²) in [5.41, 5.74) is 6.94. The number of rotatable bonds is 8. The van der Waals surface area contributed by atoms with E-state index in [0.29, 0.717) is 6.61 Å². The number of para-hydroxylation sites is 2. The summed E-state index contributed by atoms with van der Waals surface area (Å²) in [4.78, 5) is 8.38. The normalized spacial score (nSPS) is 10.7. The van der Waals surface area contributed by atoms with E-state index in [0.717, 1.165) is 23.6 Å². The van der Waals surface area contributed by atoms with Gasteiger partial charge < -0.3 is 14.5 Å². The fraction of sp³-hybridized carbons (Fsp3) is 0.280. The fourth-order valence-corrected chi connectivity index (χ4v) is 3.70. The molecule has 0 aliphatic carbocycles. The quantitative estimate of drug-likeness (QED) is 0.497. The Kier molecular flexibility index (Phi) is 6.76. The zero-order chi connectivity index (χ0) is 20.8. The maximum atomic E-state index is 6.07. The average molecular weight is 388 g/mol. The van der Waals surface area contributed by atoms with E-state index in [-0.39, 0.29) is 0 Å². The Morgan fingerprint density at radius 2 is 1.59 bits per heavy atom. The van der Waals surface area contributed by atoms with Crippen molar-refractivity contribution in [2.75, 3.05) is 30.5 Å². The molecule has 0 N–H and O–H groups in total. The molecule has 0 spiro atoms. The number of hydrogen-bond donors (Lipinski definition) is 0. The van der Waals surface area contributed by atoms with Crippen LogP contribution in [0, 0.1) is 27.4 Å². The minimum absolute atomic E-state index is 0.577. The number of ether oxygens (including phenoxy) is 1. The van der Waals surface area contributed by atoms with E-state index in [4.69, 9.17) is 4.74 Å². The second-order valence-corrected chi connectivity index (χ2v) is 7.35. The first kappa shape index (κ1) is 20.7. The van der Waals surface area contributed by atoms with E-state index in [1.165, 1.54) is 22.4 Å². The molecule has 0 fully saturated rings. The van der Waals surface area contributed by atoms with Crippen LogP contribution in [0.3, 0.4) is 0 Å². The van der Waals surface area contributed by atoms with Gasteiger partial charge in [-0.15, -0.1) is 0 Å². The Morgan fingerprint density at radius 1 is 0.897 bits per heavy atom. The minimum atomic E-state index is 0.577. The molecule has 1 aromatic heterocycles. The van der Waals surface area contributed by atoms with Crippen molar-refractivity contribution in [1.82, 2.24) is 4.98 Å². The first-order chi connectivity index (χ1) is 14.0. The van der Waals surface area contributed by atoms with Gasteiger partial charge in [0.15, 0.2) is 0 Å². The molecule has 0 amide bonds. The topological polar surface area (TPSA) is 28.6 Å². The lowest BCUT2D eigenvalue weighted by molar-refractivity contribution is 0.321. The van der Waals surface area contributed by atoms with Gasteiger partial charge in [0, 0.05) is 38.1 Å². The van der Waals surface area contributed by atoms with Crippen LogP contribution in [-0.4, -0.2) is 25.7 Å². The molecular formula is C25H29N3O. The number of benzene rings is 2. The highest BCUT2D eigenvalue weighted by molar-refractivity contribution is 5.65. The molecule has 2 radical (unpaired) electrons. The van der Waals surface area contributed by atoms with Crippen LogP contribution < -0.4 is 14.5 Å². The zero-order valence-corrected chi connectivity index (χ0v) is 17.9. The number of anilines is 2. The molecule has 0 saturated heterocycles. The maximum absolute atomic E-state index is 6.07. The SMILES string of the molecule is Cc1cc(C)c(N(C)[C]N(C)c2ccccc2OCCc2ccccn2)c(C)c1. The molecule has 0 unspecified atom stereocenters. The third-order valence-electron chi connectivity index (χ3n) is 4.84. The summed E-state index contributed by atoms with van der Waals surface area (Å²) in [6.07, 6.45) is 2.58. The van der Waals surface area contributed by atoms with Crippen LogP contribution in [0.15, 0.2) is 60.8 Å². The lowest BCUT2D eigenvalue weighted by Crippen LogP contribution is -2.28. The van der Waals surface area contributed by atoms with Crippen molar-refractivity contribution in [2.45, 2.75) is 27.2 Å². The highest BCUT2D eigenvalue weighted by atomic mass is 16.5. The van der Waals surface area contributed by atoms with Gasteiger partial charge >= 0.3 is 0 Å². The smallest absolute Gasteiger partial charge is 0.208 e. The molecule has 3 aromatic rings. The van der Waals surface area contributed by atoms with Crippen LogP contribution in [-0.2, 0) is 6.42 Å². The molecule has 29 heavy (non-hydrogen) atoms. The van der Waals surface area contributed by atoms with Gasteiger partial charge in [0.1, 0.15) is 5.75 Å². The third-order valence-corrected chi connectivity index (χ3v) is 4.84. The van der Waals surface area contributed by atoms with Crippen molar-refractivity contribution in [1.29, 1.82) is 0 Å². The number of nitrogens with zero attached hydrogens (tertiary/aromatic N) is 3. The monoisotopic (exact) mass is 387 g/mol. The molecule has 3 rings (SSSR count). The zero-order valence-electron chi connectivity index (χ0n) is 17.9. The summed E-state index contributed by atoms with van der Waals surface area (Å²) < 4.78 is 6.07. The van der Waals surface area contributed by atoms with Gasteiger partial charge in [-0.1, -0.05) is 35.9 Å². The van der Waals surface area contributed by atoms with Crippen LogP contribution >= 0.6 is 0 Å². The molecule has 0 aliphatic rings. The van der Waals surface area contributed by atoms with E-state index in [2.05, 4.69) is 49.5 Å². The number of hydrogen-bond acceptors (Lipinski definition) is 4. The van der Waals surface area contributed by atoms with Gasteiger partial charge in [-0.05, 0) is 56.2 Å². The Labute approximate surface area is 174 Å². The Hall–Kier alpha value is -3.01. The van der Waals surface area contributed by atoms with E-state index in [1.54, 1.807) is 0 Å². The fourth-order valence-electron chi connectivity index (χ4n) is 3.70. The summed E-state index contributed by atoms with van der Waals surface area (Å²) in [6, 6.07) is 18.4. The second-order valence-electron chi connectivity index (χ2n) is 7.35. The van der Waals surface area contributed by atoms with Crippen molar-refractivity contribution in [3.8, 4) is 5.75 Å². The highest BCUT2D eigenvalue weighted by Gasteiger charge is 2.15. The van der Waals surface area contributed by atoms with Gasteiger partial charge in [0.2, 0.25) is 6.67 Å². The Morgan fingerprint density at radius 3 is 2.28 bits per heavy atom. The molecule has 4 nitrogen and oxygen atoms in total. The molecule has 150 valence electrons. The van der Waals surface area contributed by atoms with Crippen LogP contribution in [0.4, 0.5) is 11.4 Å². The molecule has 0 bridgehead atoms. The van der Waals surface area contributed by atoms with Gasteiger partial charge in [-0.3, -0.25) is 4.98 Å². The van der Waals surface area contributed by atoms with E-state index in [9.17, 15) is 0 Å². The van der Waals surface area contributed by atoms with Gasteiger partial charge in [0.25, 0.3) is 0 Å².